The lowest BCUT2D eigenvalue weighted by atomic mass is 10.0. The Labute approximate surface area is 181 Å². The van der Waals surface area contributed by atoms with Crippen LogP contribution in [0.4, 0.5) is 11.4 Å². The first-order valence-electron chi connectivity index (χ1n) is 10.3. The topological polar surface area (TPSA) is 120 Å². The van der Waals surface area contributed by atoms with Crippen LogP contribution in [-0.2, 0) is 6.42 Å². The number of ketones is 1. The summed E-state index contributed by atoms with van der Waals surface area (Å²) in [6, 6.07) is 9.06. The number of nitrogen functional groups attached to an aromatic ring is 1. The molecule has 0 radical (unpaired) electrons. The van der Waals surface area contributed by atoms with Crippen molar-refractivity contribution < 1.29 is 9.53 Å². The zero-order chi connectivity index (χ0) is 21.8. The summed E-state index contributed by atoms with van der Waals surface area (Å²) in [5, 5.41) is 0. The van der Waals surface area contributed by atoms with Gasteiger partial charge in [0.25, 0.3) is 0 Å². The van der Waals surface area contributed by atoms with Crippen molar-refractivity contribution in [2.45, 2.75) is 25.3 Å². The standard InChI is InChI=1S/C23H26N6O2/c1-31-21-5-2-9-27-23(21)18-7-6-17(25)22(28-18)20(30)12-15-13-26-10-8-19(15)29-11-3-4-16(24)14-29/h2,5-10,13,16H,3-4,11-12,14,24-25H2,1H3/t16-/m0/s1. The van der Waals surface area contributed by atoms with E-state index in [1.54, 1.807) is 50.0 Å². The van der Waals surface area contributed by atoms with Crippen molar-refractivity contribution >= 4 is 17.2 Å². The molecular weight excluding hydrogens is 392 g/mol. The van der Waals surface area contributed by atoms with Gasteiger partial charge in [0.2, 0.25) is 0 Å². The number of methoxy groups -OCH3 is 1. The highest BCUT2D eigenvalue weighted by Gasteiger charge is 2.22. The molecule has 31 heavy (non-hydrogen) atoms. The Morgan fingerprint density at radius 3 is 2.94 bits per heavy atom. The number of Topliss-reactive ketones (excluding diaryl/α,β-unsaturated/α-hetero) is 1. The first-order chi connectivity index (χ1) is 15.1. The highest BCUT2D eigenvalue weighted by molar-refractivity contribution is 6.01. The Hall–Kier alpha value is -3.52. The molecule has 4 rings (SSSR count). The van der Waals surface area contributed by atoms with Gasteiger partial charge < -0.3 is 21.1 Å². The quantitative estimate of drug-likeness (QED) is 0.586. The normalized spacial score (nSPS) is 16.2. The molecule has 0 unspecified atom stereocenters. The average Bonchev–Trinajstić information content (AvgIpc) is 2.79. The molecule has 0 aromatic carbocycles. The van der Waals surface area contributed by atoms with Crippen molar-refractivity contribution in [1.82, 2.24) is 15.0 Å². The molecule has 8 heteroatoms. The lowest BCUT2D eigenvalue weighted by molar-refractivity contribution is 0.0989. The van der Waals surface area contributed by atoms with Gasteiger partial charge in [-0.3, -0.25) is 14.8 Å². The van der Waals surface area contributed by atoms with E-state index in [0.717, 1.165) is 37.2 Å². The first kappa shape index (κ1) is 20.7. The van der Waals surface area contributed by atoms with Gasteiger partial charge >= 0.3 is 0 Å². The van der Waals surface area contributed by atoms with Crippen molar-refractivity contribution in [2.75, 3.05) is 30.8 Å². The second-order valence-electron chi connectivity index (χ2n) is 7.64. The maximum Gasteiger partial charge on any atom is 0.187 e. The first-order valence-corrected chi connectivity index (χ1v) is 10.3. The van der Waals surface area contributed by atoms with Gasteiger partial charge in [-0.05, 0) is 43.2 Å². The van der Waals surface area contributed by atoms with E-state index < -0.39 is 0 Å². The Kier molecular flexibility index (Phi) is 6.08. The summed E-state index contributed by atoms with van der Waals surface area (Å²) in [6.07, 6.45) is 7.32. The molecule has 0 aliphatic carbocycles. The number of aromatic nitrogens is 3. The fourth-order valence-electron chi connectivity index (χ4n) is 3.92. The van der Waals surface area contributed by atoms with Crippen LogP contribution in [0.2, 0.25) is 0 Å². The third-order valence-corrected chi connectivity index (χ3v) is 5.45. The molecule has 1 saturated heterocycles. The summed E-state index contributed by atoms with van der Waals surface area (Å²) in [5.74, 6) is 0.402. The van der Waals surface area contributed by atoms with Crippen LogP contribution in [0.3, 0.4) is 0 Å². The Bertz CT molecular complexity index is 1090. The third-order valence-electron chi connectivity index (χ3n) is 5.45. The van der Waals surface area contributed by atoms with E-state index >= 15 is 0 Å². The SMILES string of the molecule is COc1cccnc1-c1ccc(N)c(C(=O)Cc2cnccc2N2CCC[C@H](N)C2)n1. The van der Waals surface area contributed by atoms with Crippen LogP contribution in [0.15, 0.2) is 48.9 Å². The Morgan fingerprint density at radius 2 is 2.13 bits per heavy atom. The van der Waals surface area contributed by atoms with Crippen LogP contribution in [0.1, 0.15) is 28.9 Å². The van der Waals surface area contributed by atoms with E-state index in [0.29, 0.717) is 22.8 Å². The van der Waals surface area contributed by atoms with Crippen LogP contribution >= 0.6 is 0 Å². The van der Waals surface area contributed by atoms with E-state index in [1.807, 2.05) is 6.07 Å². The van der Waals surface area contributed by atoms with Gasteiger partial charge in [-0.1, -0.05) is 0 Å². The molecule has 4 heterocycles. The lowest BCUT2D eigenvalue weighted by Crippen LogP contribution is -2.43. The van der Waals surface area contributed by atoms with Crippen LogP contribution in [0, 0.1) is 0 Å². The van der Waals surface area contributed by atoms with Gasteiger partial charge in [0, 0.05) is 55.4 Å². The number of hydrogen-bond donors (Lipinski definition) is 2. The minimum absolute atomic E-state index is 0.132. The fourth-order valence-corrected chi connectivity index (χ4v) is 3.92. The minimum Gasteiger partial charge on any atom is -0.494 e. The molecule has 8 nitrogen and oxygen atoms in total. The molecule has 1 aliphatic heterocycles. The predicted octanol–water partition coefficient (Wildman–Crippen LogP) is 2.48. The minimum atomic E-state index is -0.176. The molecule has 3 aromatic rings. The maximum atomic E-state index is 13.2. The molecular formula is C23H26N6O2. The lowest BCUT2D eigenvalue weighted by Gasteiger charge is -2.33. The number of nitrogens with two attached hydrogens (primary N) is 2. The van der Waals surface area contributed by atoms with Crippen molar-refractivity contribution in [2.24, 2.45) is 5.73 Å². The molecule has 1 fully saturated rings. The van der Waals surface area contributed by atoms with Crippen LogP contribution in [-0.4, -0.2) is 47.0 Å². The number of carbonyl (C=O) groups excluding carboxylic acids is 1. The van der Waals surface area contributed by atoms with E-state index in [-0.39, 0.29) is 23.9 Å². The molecule has 0 spiro atoms. The molecule has 4 N–H and O–H groups in total. The van der Waals surface area contributed by atoms with E-state index in [9.17, 15) is 4.79 Å². The van der Waals surface area contributed by atoms with Crippen molar-refractivity contribution in [3.63, 3.8) is 0 Å². The zero-order valence-corrected chi connectivity index (χ0v) is 17.5. The number of rotatable bonds is 6. The number of piperidine rings is 1. The van der Waals surface area contributed by atoms with Gasteiger partial charge in [-0.2, -0.15) is 0 Å². The highest BCUT2D eigenvalue weighted by Crippen LogP contribution is 2.28. The van der Waals surface area contributed by atoms with E-state index in [4.69, 9.17) is 16.2 Å². The number of hydrogen-bond acceptors (Lipinski definition) is 8. The summed E-state index contributed by atoms with van der Waals surface area (Å²) >= 11 is 0. The van der Waals surface area contributed by atoms with Gasteiger partial charge in [-0.15, -0.1) is 0 Å². The molecule has 160 valence electrons. The summed E-state index contributed by atoms with van der Waals surface area (Å²) < 4.78 is 5.37. The fraction of sp³-hybridized carbons (Fsp3) is 0.304. The Balaban J connectivity index is 1.63. The second-order valence-corrected chi connectivity index (χ2v) is 7.64. The van der Waals surface area contributed by atoms with Crippen molar-refractivity contribution in [1.29, 1.82) is 0 Å². The monoisotopic (exact) mass is 418 g/mol. The van der Waals surface area contributed by atoms with Crippen LogP contribution in [0.5, 0.6) is 5.75 Å². The summed E-state index contributed by atoms with van der Waals surface area (Å²) in [6.45, 7) is 1.68. The van der Waals surface area contributed by atoms with Gasteiger partial charge in [-0.25, -0.2) is 4.98 Å². The van der Waals surface area contributed by atoms with E-state index in [1.165, 1.54) is 0 Å². The summed E-state index contributed by atoms with van der Waals surface area (Å²) in [4.78, 5) is 28.5. The van der Waals surface area contributed by atoms with Crippen LogP contribution in [0.25, 0.3) is 11.4 Å². The molecule has 0 amide bonds. The molecule has 0 saturated carbocycles. The molecule has 1 atom stereocenters. The molecule has 1 aliphatic rings. The number of anilines is 2. The summed E-state index contributed by atoms with van der Waals surface area (Å²) in [5.41, 5.74) is 15.7. The Morgan fingerprint density at radius 1 is 1.26 bits per heavy atom. The molecule has 3 aromatic heterocycles. The van der Waals surface area contributed by atoms with Crippen molar-refractivity contribution in [3.05, 3.63) is 60.2 Å². The number of nitrogens with zero attached hydrogens (tertiary/aromatic N) is 4. The average molecular weight is 419 g/mol. The van der Waals surface area contributed by atoms with Gasteiger partial charge in [0.1, 0.15) is 17.1 Å². The van der Waals surface area contributed by atoms with Gasteiger partial charge in [0.05, 0.1) is 18.5 Å². The highest BCUT2D eigenvalue weighted by atomic mass is 16.5. The third kappa shape index (κ3) is 4.49. The largest absolute Gasteiger partial charge is 0.494 e. The van der Waals surface area contributed by atoms with Crippen molar-refractivity contribution in [3.8, 4) is 17.1 Å². The molecule has 0 bridgehead atoms. The zero-order valence-electron chi connectivity index (χ0n) is 17.5. The number of carbonyl (C=O) groups is 1. The smallest absolute Gasteiger partial charge is 0.187 e. The predicted molar refractivity (Wildman–Crippen MR) is 120 cm³/mol. The summed E-state index contributed by atoms with van der Waals surface area (Å²) in [7, 11) is 1.57. The van der Waals surface area contributed by atoms with Gasteiger partial charge in [0.15, 0.2) is 5.78 Å². The number of ether oxygens (including phenoxy) is 1. The van der Waals surface area contributed by atoms with E-state index in [2.05, 4.69) is 19.9 Å². The van der Waals surface area contributed by atoms with Crippen LogP contribution < -0.4 is 21.1 Å². The number of pyridine rings is 3. The maximum absolute atomic E-state index is 13.2. The second kappa shape index (κ2) is 9.09.